The lowest BCUT2D eigenvalue weighted by Gasteiger charge is -2.06. The first kappa shape index (κ1) is 6.81. The molecule has 1 aliphatic rings. The predicted octanol–water partition coefficient (Wildman–Crippen LogP) is 1.70. The van der Waals surface area contributed by atoms with E-state index in [1.165, 1.54) is 18.4 Å². The second-order valence-electron chi connectivity index (χ2n) is 2.90. The molecule has 1 rings (SSSR count). The highest BCUT2D eigenvalue weighted by Gasteiger charge is 2.03. The molecular weight excluding hydrogens is 110 g/mol. The highest BCUT2D eigenvalue weighted by atomic mass is 14.9. The van der Waals surface area contributed by atoms with Crippen LogP contribution in [0.4, 0.5) is 0 Å². The number of hydrogen-bond acceptors (Lipinski definition) is 1. The lowest BCUT2D eigenvalue weighted by atomic mass is 10.1. The molecule has 1 nitrogen and oxygen atoms in total. The lowest BCUT2D eigenvalue weighted by molar-refractivity contribution is 0.557. The molecule has 1 aliphatic heterocycles. The van der Waals surface area contributed by atoms with Gasteiger partial charge in [-0.05, 0) is 26.7 Å². The quantitative estimate of drug-likeness (QED) is 0.486. The molecule has 0 aromatic heterocycles. The van der Waals surface area contributed by atoms with Crippen LogP contribution in [0.3, 0.4) is 0 Å². The van der Waals surface area contributed by atoms with E-state index in [2.05, 4.69) is 25.2 Å². The Hall–Kier alpha value is -0.300. The van der Waals surface area contributed by atoms with Gasteiger partial charge in [0.05, 0.1) is 0 Å². The normalized spacial score (nSPS) is 29.1. The molecule has 0 spiro atoms. The van der Waals surface area contributed by atoms with E-state index in [4.69, 9.17) is 0 Å². The van der Waals surface area contributed by atoms with Crippen LogP contribution < -0.4 is 5.32 Å². The van der Waals surface area contributed by atoms with Gasteiger partial charge < -0.3 is 5.32 Å². The van der Waals surface area contributed by atoms with Crippen LogP contribution in [0, 0.1) is 0 Å². The molecule has 52 valence electrons. The van der Waals surface area contributed by atoms with Gasteiger partial charge >= 0.3 is 0 Å². The zero-order chi connectivity index (χ0) is 6.69. The van der Waals surface area contributed by atoms with Gasteiger partial charge in [0, 0.05) is 12.6 Å². The Morgan fingerprint density at radius 3 is 3.22 bits per heavy atom. The Kier molecular flexibility index (Phi) is 2.29. The Morgan fingerprint density at radius 1 is 1.67 bits per heavy atom. The smallest absolute Gasteiger partial charge is 0.0139 e. The molecule has 0 fully saturated rings. The highest BCUT2D eigenvalue weighted by molar-refractivity contribution is 5.01. The average Bonchev–Trinajstić information content (AvgIpc) is 1.97. The van der Waals surface area contributed by atoms with Crippen LogP contribution >= 0.6 is 0 Å². The zero-order valence-corrected chi connectivity index (χ0v) is 6.28. The molecule has 0 saturated carbocycles. The minimum absolute atomic E-state index is 0.707. The van der Waals surface area contributed by atoms with Gasteiger partial charge in [0.2, 0.25) is 0 Å². The van der Waals surface area contributed by atoms with E-state index in [0.29, 0.717) is 6.04 Å². The van der Waals surface area contributed by atoms with Crippen LogP contribution in [0.15, 0.2) is 11.6 Å². The molecule has 0 saturated heterocycles. The van der Waals surface area contributed by atoms with Crippen LogP contribution in [0.1, 0.15) is 26.7 Å². The summed E-state index contributed by atoms with van der Waals surface area (Å²) >= 11 is 0. The molecule has 0 amide bonds. The molecule has 1 N–H and O–H groups in total. The summed E-state index contributed by atoms with van der Waals surface area (Å²) in [5.74, 6) is 0. The molecule has 0 unspecified atom stereocenters. The third kappa shape index (κ3) is 2.19. The van der Waals surface area contributed by atoms with Crippen molar-refractivity contribution >= 4 is 0 Å². The fraction of sp³-hybridized carbons (Fsp3) is 0.750. The third-order valence-corrected chi connectivity index (χ3v) is 1.89. The van der Waals surface area contributed by atoms with Crippen molar-refractivity contribution in [2.45, 2.75) is 32.7 Å². The third-order valence-electron chi connectivity index (χ3n) is 1.89. The van der Waals surface area contributed by atoms with Crippen molar-refractivity contribution in [1.29, 1.82) is 0 Å². The van der Waals surface area contributed by atoms with Crippen LogP contribution in [0.2, 0.25) is 0 Å². The fourth-order valence-corrected chi connectivity index (χ4v) is 1.08. The first-order valence-electron chi connectivity index (χ1n) is 3.68. The van der Waals surface area contributed by atoms with Gasteiger partial charge in [-0.1, -0.05) is 11.6 Å². The van der Waals surface area contributed by atoms with E-state index in [0.717, 1.165) is 6.54 Å². The Balaban J connectivity index is 2.39. The SMILES string of the molecule is CC1=CCN[C@H](C)CC1. The van der Waals surface area contributed by atoms with Crippen LogP contribution in [0.5, 0.6) is 0 Å². The topological polar surface area (TPSA) is 12.0 Å². The molecule has 0 bridgehead atoms. The van der Waals surface area contributed by atoms with E-state index in [9.17, 15) is 0 Å². The summed E-state index contributed by atoms with van der Waals surface area (Å²) in [7, 11) is 0. The van der Waals surface area contributed by atoms with Crippen LogP contribution in [-0.2, 0) is 0 Å². The second kappa shape index (κ2) is 3.02. The number of rotatable bonds is 0. The first-order valence-corrected chi connectivity index (χ1v) is 3.68. The monoisotopic (exact) mass is 125 g/mol. The minimum atomic E-state index is 0.707. The summed E-state index contributed by atoms with van der Waals surface area (Å²) in [5.41, 5.74) is 1.53. The predicted molar refractivity (Wildman–Crippen MR) is 40.5 cm³/mol. The number of nitrogens with one attached hydrogen (secondary N) is 1. The Morgan fingerprint density at radius 2 is 2.44 bits per heavy atom. The molecule has 1 heterocycles. The molecule has 1 atom stereocenters. The Labute approximate surface area is 57.1 Å². The summed E-state index contributed by atoms with van der Waals surface area (Å²) in [6, 6.07) is 0.707. The van der Waals surface area contributed by atoms with Crippen LogP contribution in [-0.4, -0.2) is 12.6 Å². The number of allylic oxidation sites excluding steroid dienone is 1. The van der Waals surface area contributed by atoms with E-state index < -0.39 is 0 Å². The van der Waals surface area contributed by atoms with Gasteiger partial charge in [0.15, 0.2) is 0 Å². The molecule has 9 heavy (non-hydrogen) atoms. The van der Waals surface area contributed by atoms with Crippen molar-refractivity contribution in [2.75, 3.05) is 6.54 Å². The zero-order valence-electron chi connectivity index (χ0n) is 6.28. The minimum Gasteiger partial charge on any atom is -0.311 e. The second-order valence-corrected chi connectivity index (χ2v) is 2.90. The van der Waals surface area contributed by atoms with E-state index >= 15 is 0 Å². The molecule has 0 radical (unpaired) electrons. The first-order chi connectivity index (χ1) is 4.29. The summed E-state index contributed by atoms with van der Waals surface area (Å²) < 4.78 is 0. The summed E-state index contributed by atoms with van der Waals surface area (Å²) in [6.45, 7) is 5.51. The van der Waals surface area contributed by atoms with Gasteiger partial charge in [0.25, 0.3) is 0 Å². The molecular formula is C8H15N. The van der Waals surface area contributed by atoms with E-state index in [1.807, 2.05) is 0 Å². The van der Waals surface area contributed by atoms with Gasteiger partial charge in [0.1, 0.15) is 0 Å². The maximum Gasteiger partial charge on any atom is 0.0139 e. The molecule has 1 heteroatoms. The van der Waals surface area contributed by atoms with Gasteiger partial charge in [-0.25, -0.2) is 0 Å². The fourth-order valence-electron chi connectivity index (χ4n) is 1.08. The van der Waals surface area contributed by atoms with Crippen molar-refractivity contribution in [2.24, 2.45) is 0 Å². The van der Waals surface area contributed by atoms with Crippen molar-refractivity contribution in [1.82, 2.24) is 5.32 Å². The van der Waals surface area contributed by atoms with Gasteiger partial charge in [-0.3, -0.25) is 0 Å². The maximum atomic E-state index is 3.40. The summed E-state index contributed by atoms with van der Waals surface area (Å²) in [5, 5.41) is 3.40. The Bertz CT molecular complexity index is 116. The molecule has 0 aliphatic carbocycles. The summed E-state index contributed by atoms with van der Waals surface area (Å²) in [6.07, 6.45) is 4.85. The summed E-state index contributed by atoms with van der Waals surface area (Å²) in [4.78, 5) is 0. The van der Waals surface area contributed by atoms with Crippen molar-refractivity contribution in [3.8, 4) is 0 Å². The highest BCUT2D eigenvalue weighted by Crippen LogP contribution is 2.08. The van der Waals surface area contributed by atoms with E-state index in [1.54, 1.807) is 0 Å². The van der Waals surface area contributed by atoms with Crippen molar-refractivity contribution in [3.63, 3.8) is 0 Å². The average molecular weight is 125 g/mol. The van der Waals surface area contributed by atoms with Crippen molar-refractivity contribution < 1.29 is 0 Å². The maximum absolute atomic E-state index is 3.40. The largest absolute Gasteiger partial charge is 0.311 e. The van der Waals surface area contributed by atoms with Gasteiger partial charge in [-0.15, -0.1) is 0 Å². The molecule has 0 aromatic carbocycles. The number of hydrogen-bond donors (Lipinski definition) is 1. The van der Waals surface area contributed by atoms with E-state index in [-0.39, 0.29) is 0 Å². The molecule has 0 aromatic rings. The lowest BCUT2D eigenvalue weighted by Crippen LogP contribution is -2.24. The standard InChI is InChI=1S/C8H15N/c1-7-3-4-8(2)9-6-5-7/h5,8-9H,3-4,6H2,1-2H3/t8-/m1/s1. The van der Waals surface area contributed by atoms with Crippen LogP contribution in [0.25, 0.3) is 0 Å². The van der Waals surface area contributed by atoms with Crippen molar-refractivity contribution in [3.05, 3.63) is 11.6 Å². The van der Waals surface area contributed by atoms with Gasteiger partial charge in [-0.2, -0.15) is 0 Å².